The highest BCUT2D eigenvalue weighted by Crippen LogP contribution is 2.36. The van der Waals surface area contributed by atoms with Crippen LogP contribution < -0.4 is 0 Å². The van der Waals surface area contributed by atoms with Crippen LogP contribution in [0.5, 0.6) is 0 Å². The fourth-order valence-corrected chi connectivity index (χ4v) is 1.96. The summed E-state index contributed by atoms with van der Waals surface area (Å²) in [5.41, 5.74) is -2.76. The molecule has 0 bridgehead atoms. The molecule has 0 heterocycles. The van der Waals surface area contributed by atoms with E-state index >= 15 is 0 Å². The molecule has 0 amide bonds. The van der Waals surface area contributed by atoms with Crippen molar-refractivity contribution in [3.05, 3.63) is 63.5 Å². The van der Waals surface area contributed by atoms with Gasteiger partial charge in [-0.15, -0.1) is 0 Å². The average Bonchev–Trinajstić information content (AvgIpc) is 2.45. The summed E-state index contributed by atoms with van der Waals surface area (Å²) in [5, 5.41) is 10.7. The van der Waals surface area contributed by atoms with E-state index in [1.807, 2.05) is 0 Å². The second-order valence-electron chi connectivity index (χ2n) is 4.31. The van der Waals surface area contributed by atoms with Gasteiger partial charge in [0.15, 0.2) is 6.29 Å². The molecule has 0 unspecified atom stereocenters. The van der Waals surface area contributed by atoms with E-state index in [-0.39, 0.29) is 17.4 Å². The number of carbonyl (C=O) groups is 1. The van der Waals surface area contributed by atoms with Gasteiger partial charge in [-0.1, -0.05) is 12.1 Å². The minimum Gasteiger partial charge on any atom is -0.298 e. The number of rotatable bonds is 3. The smallest absolute Gasteiger partial charge is 0.298 e. The van der Waals surface area contributed by atoms with Crippen molar-refractivity contribution in [2.45, 2.75) is 6.18 Å². The Hall–Kier alpha value is -2.77. The molecule has 2 aromatic rings. The molecule has 0 aliphatic rings. The van der Waals surface area contributed by atoms with Crippen molar-refractivity contribution >= 4 is 12.0 Å². The summed E-state index contributed by atoms with van der Waals surface area (Å²) < 4.78 is 52.0. The molecule has 0 aliphatic carbocycles. The summed E-state index contributed by atoms with van der Waals surface area (Å²) >= 11 is 0. The van der Waals surface area contributed by atoms with Crippen molar-refractivity contribution in [2.75, 3.05) is 0 Å². The highest BCUT2D eigenvalue weighted by atomic mass is 19.4. The molecule has 8 heteroatoms. The van der Waals surface area contributed by atoms with Crippen LogP contribution in [0, 0.1) is 15.9 Å². The summed E-state index contributed by atoms with van der Waals surface area (Å²) in [5.74, 6) is -1.50. The minimum atomic E-state index is -4.87. The van der Waals surface area contributed by atoms with Crippen LogP contribution in [0.15, 0.2) is 36.4 Å². The van der Waals surface area contributed by atoms with Crippen LogP contribution in [0.3, 0.4) is 0 Å². The minimum absolute atomic E-state index is 0.0590. The van der Waals surface area contributed by atoms with Crippen molar-refractivity contribution in [3.63, 3.8) is 0 Å². The Morgan fingerprint density at radius 3 is 2.36 bits per heavy atom. The summed E-state index contributed by atoms with van der Waals surface area (Å²) in [6.07, 6.45) is -4.68. The number of nitro benzene ring substituents is 1. The largest absolute Gasteiger partial charge is 0.419 e. The molecule has 0 aromatic heterocycles. The van der Waals surface area contributed by atoms with Crippen LogP contribution >= 0.6 is 0 Å². The van der Waals surface area contributed by atoms with Crippen LogP contribution in [0.2, 0.25) is 0 Å². The average molecular weight is 313 g/mol. The number of halogens is 4. The lowest BCUT2D eigenvalue weighted by Crippen LogP contribution is -2.08. The number of nitro groups is 1. The van der Waals surface area contributed by atoms with E-state index in [1.165, 1.54) is 0 Å². The van der Waals surface area contributed by atoms with E-state index in [0.29, 0.717) is 6.07 Å². The van der Waals surface area contributed by atoms with Crippen molar-refractivity contribution in [3.8, 4) is 11.1 Å². The highest BCUT2D eigenvalue weighted by molar-refractivity contribution is 5.85. The van der Waals surface area contributed by atoms with E-state index in [1.54, 1.807) is 0 Å². The Kier molecular flexibility index (Phi) is 3.94. The quantitative estimate of drug-likeness (QED) is 0.369. The second kappa shape index (κ2) is 5.55. The highest BCUT2D eigenvalue weighted by Gasteiger charge is 2.35. The van der Waals surface area contributed by atoms with Crippen LogP contribution in [-0.4, -0.2) is 11.2 Å². The Bertz CT molecular complexity index is 756. The summed E-state index contributed by atoms with van der Waals surface area (Å²) in [4.78, 5) is 20.7. The van der Waals surface area contributed by atoms with Gasteiger partial charge in [0.1, 0.15) is 5.82 Å². The van der Waals surface area contributed by atoms with E-state index in [4.69, 9.17) is 0 Å². The van der Waals surface area contributed by atoms with Gasteiger partial charge in [-0.3, -0.25) is 14.9 Å². The maximum absolute atomic E-state index is 14.0. The van der Waals surface area contributed by atoms with Gasteiger partial charge >= 0.3 is 6.18 Å². The maximum Gasteiger partial charge on any atom is 0.419 e. The lowest BCUT2D eigenvalue weighted by atomic mass is 9.99. The van der Waals surface area contributed by atoms with Gasteiger partial charge in [0, 0.05) is 11.6 Å². The monoisotopic (exact) mass is 313 g/mol. The maximum atomic E-state index is 14.0. The van der Waals surface area contributed by atoms with E-state index in [0.717, 1.165) is 30.3 Å². The molecule has 114 valence electrons. The number of nitrogens with zero attached hydrogens (tertiary/aromatic N) is 1. The molecule has 0 spiro atoms. The number of alkyl halides is 3. The zero-order valence-corrected chi connectivity index (χ0v) is 10.7. The van der Waals surface area contributed by atoms with Gasteiger partial charge in [-0.25, -0.2) is 4.39 Å². The molecule has 0 radical (unpaired) electrons. The first kappa shape index (κ1) is 15.6. The molecule has 0 N–H and O–H groups in total. The van der Waals surface area contributed by atoms with Crippen LogP contribution in [0.4, 0.5) is 23.2 Å². The van der Waals surface area contributed by atoms with Gasteiger partial charge in [0.25, 0.3) is 5.69 Å². The molecule has 0 saturated carbocycles. The van der Waals surface area contributed by atoms with E-state index < -0.39 is 33.7 Å². The predicted molar refractivity (Wildman–Crippen MR) is 68.9 cm³/mol. The summed E-state index contributed by atoms with van der Waals surface area (Å²) in [6, 6.07) is 5.71. The number of carbonyl (C=O) groups excluding carboxylic acids is 1. The standard InChI is InChI=1S/C14H7F4NO3/c15-13-10(2-1-3-11(13)14(16,17)18)8-4-5-12(19(21)22)9(6-8)7-20/h1-7H. The third-order valence-corrected chi connectivity index (χ3v) is 2.97. The van der Waals surface area contributed by atoms with Gasteiger partial charge in [-0.2, -0.15) is 13.2 Å². The molecule has 22 heavy (non-hydrogen) atoms. The molecule has 0 saturated heterocycles. The third kappa shape index (κ3) is 2.80. The number of hydrogen-bond acceptors (Lipinski definition) is 3. The van der Waals surface area contributed by atoms with Crippen LogP contribution in [0.1, 0.15) is 15.9 Å². The molecule has 4 nitrogen and oxygen atoms in total. The molecule has 2 rings (SSSR count). The Morgan fingerprint density at radius 1 is 1.14 bits per heavy atom. The van der Waals surface area contributed by atoms with Crippen molar-refractivity contribution in [1.29, 1.82) is 0 Å². The van der Waals surface area contributed by atoms with Crippen LogP contribution in [0.25, 0.3) is 11.1 Å². The van der Waals surface area contributed by atoms with Gasteiger partial charge in [-0.05, 0) is 23.8 Å². The SMILES string of the molecule is O=Cc1cc(-c2cccc(C(F)(F)F)c2F)ccc1[N+](=O)[O-]. The number of hydrogen-bond donors (Lipinski definition) is 0. The second-order valence-corrected chi connectivity index (χ2v) is 4.31. The summed E-state index contributed by atoms with van der Waals surface area (Å²) in [7, 11) is 0. The fourth-order valence-electron chi connectivity index (χ4n) is 1.96. The third-order valence-electron chi connectivity index (χ3n) is 2.97. The normalized spacial score (nSPS) is 11.3. The van der Waals surface area contributed by atoms with Gasteiger partial charge in [0.2, 0.25) is 0 Å². The first-order valence-electron chi connectivity index (χ1n) is 5.85. The van der Waals surface area contributed by atoms with Crippen LogP contribution in [-0.2, 0) is 6.18 Å². The zero-order valence-electron chi connectivity index (χ0n) is 10.7. The zero-order chi connectivity index (χ0) is 16.5. The lowest BCUT2D eigenvalue weighted by Gasteiger charge is -2.11. The molecule has 0 aliphatic heterocycles. The lowest BCUT2D eigenvalue weighted by molar-refractivity contribution is -0.385. The Morgan fingerprint density at radius 2 is 1.82 bits per heavy atom. The molecule has 0 atom stereocenters. The fraction of sp³-hybridized carbons (Fsp3) is 0.0714. The number of aldehydes is 1. The van der Waals surface area contributed by atoms with Crippen molar-refractivity contribution < 1.29 is 27.3 Å². The molecular weight excluding hydrogens is 306 g/mol. The molecular formula is C14H7F4NO3. The van der Waals surface area contributed by atoms with Gasteiger partial charge < -0.3 is 0 Å². The molecule has 2 aromatic carbocycles. The topological polar surface area (TPSA) is 60.2 Å². The number of benzene rings is 2. The van der Waals surface area contributed by atoms with Crippen molar-refractivity contribution in [1.82, 2.24) is 0 Å². The molecule has 0 fully saturated rings. The Balaban J connectivity index is 2.63. The predicted octanol–water partition coefficient (Wildman–Crippen LogP) is 4.23. The van der Waals surface area contributed by atoms with E-state index in [2.05, 4.69) is 0 Å². The Labute approximate surface area is 121 Å². The first-order valence-corrected chi connectivity index (χ1v) is 5.85. The first-order chi connectivity index (χ1) is 10.3. The van der Waals surface area contributed by atoms with Gasteiger partial charge in [0.05, 0.1) is 16.1 Å². The van der Waals surface area contributed by atoms with E-state index in [9.17, 15) is 32.5 Å². The summed E-state index contributed by atoms with van der Waals surface area (Å²) in [6.45, 7) is 0. The van der Waals surface area contributed by atoms with Crippen molar-refractivity contribution in [2.24, 2.45) is 0 Å².